The third-order valence-corrected chi connectivity index (χ3v) is 8.09. The molecule has 2 heterocycles. The molecule has 0 radical (unpaired) electrons. The number of carbonyl (C=O) groups excluding carboxylic acids is 2. The highest BCUT2D eigenvalue weighted by Crippen LogP contribution is 2.38. The molecule has 1 aliphatic rings. The summed E-state index contributed by atoms with van der Waals surface area (Å²) in [5.74, 6) is 1.10. The fraction of sp³-hybridized carbons (Fsp3) is 0.440. The maximum absolute atomic E-state index is 12.7. The number of methoxy groups -OCH3 is 1. The molecule has 0 fully saturated rings. The third-order valence-electron chi connectivity index (χ3n) is 5.86. The fourth-order valence-corrected chi connectivity index (χ4v) is 6.00. The third kappa shape index (κ3) is 5.87. The Kier molecular flexibility index (Phi) is 8.46. The van der Waals surface area contributed by atoms with E-state index >= 15 is 0 Å². The number of ether oxygens (including phenoxy) is 2. The Morgan fingerprint density at radius 2 is 1.94 bits per heavy atom. The number of hydrogen-bond acceptors (Lipinski definition) is 8. The molecule has 0 atom stereocenters. The Hall–Kier alpha value is -2.85. The molecule has 1 N–H and O–H groups in total. The lowest BCUT2D eigenvalue weighted by Crippen LogP contribution is -2.17. The van der Waals surface area contributed by atoms with Crippen LogP contribution in [0.3, 0.4) is 0 Å². The lowest BCUT2D eigenvalue weighted by molar-refractivity contribution is -0.113. The Morgan fingerprint density at radius 3 is 2.69 bits per heavy atom. The average Bonchev–Trinajstić information content (AvgIpc) is 3.42. The van der Waals surface area contributed by atoms with E-state index < -0.39 is 5.97 Å². The number of carbonyl (C=O) groups is 2. The Balaban J connectivity index is 1.39. The number of benzene rings is 1. The Labute approximate surface area is 213 Å². The first-order valence-electron chi connectivity index (χ1n) is 11.8. The summed E-state index contributed by atoms with van der Waals surface area (Å²) in [5, 5.41) is 12.7. The second kappa shape index (κ2) is 11.7. The average molecular weight is 515 g/mol. The van der Waals surface area contributed by atoms with Gasteiger partial charge in [0.05, 0.1) is 25.0 Å². The summed E-state index contributed by atoms with van der Waals surface area (Å²) >= 11 is 2.78. The number of fused-ring (bicyclic) bond motifs is 1. The maximum Gasteiger partial charge on any atom is 0.341 e. The van der Waals surface area contributed by atoms with Crippen molar-refractivity contribution in [2.45, 2.75) is 50.6 Å². The minimum atomic E-state index is -0.396. The quantitative estimate of drug-likeness (QED) is 0.228. The van der Waals surface area contributed by atoms with Crippen molar-refractivity contribution in [3.8, 4) is 17.1 Å². The van der Waals surface area contributed by atoms with Gasteiger partial charge in [-0.1, -0.05) is 25.1 Å². The molecule has 186 valence electrons. The first kappa shape index (κ1) is 25.2. The molecule has 0 unspecified atom stereocenters. The van der Waals surface area contributed by atoms with Gasteiger partial charge in [-0.25, -0.2) is 4.79 Å². The number of hydrogen-bond donors (Lipinski definition) is 1. The van der Waals surface area contributed by atoms with Crippen LogP contribution in [0.25, 0.3) is 11.4 Å². The van der Waals surface area contributed by atoms with Gasteiger partial charge < -0.3 is 19.4 Å². The number of rotatable bonds is 10. The Bertz CT molecular complexity index is 1190. The molecule has 0 spiro atoms. The van der Waals surface area contributed by atoms with Crippen LogP contribution < -0.4 is 10.1 Å². The molecule has 8 nitrogen and oxygen atoms in total. The molecule has 1 amide bonds. The minimum Gasteiger partial charge on any atom is -0.494 e. The van der Waals surface area contributed by atoms with Crippen molar-refractivity contribution >= 4 is 40.0 Å². The molecule has 10 heteroatoms. The SMILES string of the molecule is CCCCOc1ccc(-c2nnc(SCC(=O)Nc3sc4c(c3C(=O)OC)CCCC4)n2C)cc1. The summed E-state index contributed by atoms with van der Waals surface area (Å²) in [6, 6.07) is 7.78. The first-order valence-corrected chi connectivity index (χ1v) is 13.6. The molecule has 0 bridgehead atoms. The number of amides is 1. The zero-order valence-corrected chi connectivity index (χ0v) is 21.9. The summed E-state index contributed by atoms with van der Waals surface area (Å²) in [5.41, 5.74) is 2.45. The van der Waals surface area contributed by atoms with Gasteiger partial charge in [-0.15, -0.1) is 21.5 Å². The number of esters is 1. The summed E-state index contributed by atoms with van der Waals surface area (Å²) in [4.78, 5) is 26.3. The molecule has 1 aromatic carbocycles. The van der Waals surface area contributed by atoms with E-state index in [-0.39, 0.29) is 11.7 Å². The standard InChI is InChI=1S/C25H30N4O4S2/c1-4-5-14-33-17-12-10-16(11-13-17)22-27-28-25(29(22)2)34-15-20(30)26-23-21(24(31)32-3)18-8-6-7-9-19(18)35-23/h10-13H,4-9,14-15H2,1-3H3,(H,26,30). The van der Waals surface area contributed by atoms with Crippen LogP contribution in [0.5, 0.6) is 5.75 Å². The molecule has 0 aliphatic heterocycles. The topological polar surface area (TPSA) is 95.3 Å². The first-order chi connectivity index (χ1) is 17.0. The van der Waals surface area contributed by atoms with Gasteiger partial charge in [0, 0.05) is 17.5 Å². The van der Waals surface area contributed by atoms with Gasteiger partial charge in [-0.05, 0) is 61.9 Å². The van der Waals surface area contributed by atoms with E-state index in [1.54, 1.807) is 0 Å². The van der Waals surface area contributed by atoms with Crippen LogP contribution >= 0.6 is 23.1 Å². The second-order valence-corrected chi connectivity index (χ2v) is 10.4. The van der Waals surface area contributed by atoms with Crippen LogP contribution in [-0.4, -0.2) is 46.1 Å². The molecule has 35 heavy (non-hydrogen) atoms. The number of unbranched alkanes of at least 4 members (excludes halogenated alkanes) is 1. The predicted octanol–water partition coefficient (Wildman–Crippen LogP) is 5.12. The monoisotopic (exact) mass is 514 g/mol. The van der Waals surface area contributed by atoms with Crippen LogP contribution in [0.15, 0.2) is 29.4 Å². The van der Waals surface area contributed by atoms with E-state index in [9.17, 15) is 9.59 Å². The number of anilines is 1. The lowest BCUT2D eigenvalue weighted by Gasteiger charge is -2.11. The molecule has 2 aromatic heterocycles. The van der Waals surface area contributed by atoms with Gasteiger partial charge in [0.2, 0.25) is 5.91 Å². The molecular formula is C25H30N4O4S2. The summed E-state index contributed by atoms with van der Waals surface area (Å²) in [6.07, 6.45) is 6.03. The van der Waals surface area contributed by atoms with Crippen molar-refractivity contribution in [1.29, 1.82) is 0 Å². The summed E-state index contributed by atoms with van der Waals surface area (Å²) < 4.78 is 12.6. The Morgan fingerprint density at radius 1 is 1.17 bits per heavy atom. The van der Waals surface area contributed by atoms with Crippen molar-refractivity contribution in [2.24, 2.45) is 7.05 Å². The van der Waals surface area contributed by atoms with E-state index in [4.69, 9.17) is 9.47 Å². The van der Waals surface area contributed by atoms with Crippen molar-refractivity contribution in [3.63, 3.8) is 0 Å². The number of aryl methyl sites for hydroxylation is 1. The normalized spacial score (nSPS) is 12.8. The number of nitrogens with one attached hydrogen (secondary N) is 1. The molecule has 0 saturated carbocycles. The molecule has 3 aromatic rings. The van der Waals surface area contributed by atoms with Crippen molar-refractivity contribution in [3.05, 3.63) is 40.3 Å². The van der Waals surface area contributed by atoms with Crippen LogP contribution in [0.4, 0.5) is 5.00 Å². The van der Waals surface area contributed by atoms with Gasteiger partial charge in [-0.2, -0.15) is 0 Å². The van der Waals surface area contributed by atoms with Crippen LogP contribution in [0.2, 0.25) is 0 Å². The van der Waals surface area contributed by atoms with E-state index in [2.05, 4.69) is 22.4 Å². The highest BCUT2D eigenvalue weighted by molar-refractivity contribution is 7.99. The predicted molar refractivity (Wildman–Crippen MR) is 138 cm³/mol. The van der Waals surface area contributed by atoms with Gasteiger partial charge >= 0.3 is 5.97 Å². The van der Waals surface area contributed by atoms with Crippen molar-refractivity contribution in [1.82, 2.24) is 14.8 Å². The molecule has 0 saturated heterocycles. The molecule has 1 aliphatic carbocycles. The van der Waals surface area contributed by atoms with E-state index in [1.165, 1.54) is 35.1 Å². The van der Waals surface area contributed by atoms with Crippen molar-refractivity contribution < 1.29 is 19.1 Å². The minimum absolute atomic E-state index is 0.152. The highest BCUT2D eigenvalue weighted by Gasteiger charge is 2.27. The second-order valence-electron chi connectivity index (χ2n) is 8.34. The van der Waals surface area contributed by atoms with Gasteiger partial charge in [0.25, 0.3) is 0 Å². The summed E-state index contributed by atoms with van der Waals surface area (Å²) in [7, 11) is 3.25. The van der Waals surface area contributed by atoms with E-state index in [0.717, 1.165) is 55.4 Å². The van der Waals surface area contributed by atoms with E-state index in [0.29, 0.717) is 28.2 Å². The fourth-order valence-electron chi connectivity index (χ4n) is 3.99. The zero-order chi connectivity index (χ0) is 24.8. The number of thioether (sulfide) groups is 1. The largest absolute Gasteiger partial charge is 0.494 e. The number of nitrogens with zero attached hydrogens (tertiary/aromatic N) is 3. The maximum atomic E-state index is 12.7. The van der Waals surface area contributed by atoms with Gasteiger partial charge in [-0.3, -0.25) is 4.79 Å². The van der Waals surface area contributed by atoms with Gasteiger partial charge in [0.1, 0.15) is 10.8 Å². The van der Waals surface area contributed by atoms with Crippen LogP contribution in [0, 0.1) is 0 Å². The van der Waals surface area contributed by atoms with Crippen LogP contribution in [-0.2, 0) is 29.4 Å². The van der Waals surface area contributed by atoms with Crippen molar-refractivity contribution in [2.75, 3.05) is 24.8 Å². The van der Waals surface area contributed by atoms with Crippen LogP contribution in [0.1, 0.15) is 53.4 Å². The number of aromatic nitrogens is 3. The molecular weight excluding hydrogens is 484 g/mol. The lowest BCUT2D eigenvalue weighted by atomic mass is 9.95. The van der Waals surface area contributed by atoms with E-state index in [1.807, 2.05) is 35.9 Å². The molecule has 4 rings (SSSR count). The zero-order valence-electron chi connectivity index (χ0n) is 20.3. The number of thiophene rings is 1. The highest BCUT2D eigenvalue weighted by atomic mass is 32.2. The smallest absolute Gasteiger partial charge is 0.341 e. The van der Waals surface area contributed by atoms with Gasteiger partial charge in [0.15, 0.2) is 11.0 Å². The summed E-state index contributed by atoms with van der Waals surface area (Å²) in [6.45, 7) is 2.84.